The van der Waals surface area contributed by atoms with Crippen molar-refractivity contribution >= 4 is 16.1 Å². The third-order valence-electron chi connectivity index (χ3n) is 1.64. The Kier molecular flexibility index (Phi) is 3.56. The maximum Gasteiger partial charge on any atom is 0.260 e. The molecule has 1 rings (SSSR count). The number of hydrazone groups is 1. The Morgan fingerprint density at radius 2 is 1.93 bits per heavy atom. The summed E-state index contributed by atoms with van der Waals surface area (Å²) in [6, 6.07) is 7.79. The van der Waals surface area contributed by atoms with Crippen molar-refractivity contribution < 1.29 is 13.2 Å². The van der Waals surface area contributed by atoms with Gasteiger partial charge in [0.1, 0.15) is 0 Å². The van der Waals surface area contributed by atoms with E-state index < -0.39 is 10.0 Å². The number of carbonyl (C=O) groups excluding carboxylic acids is 1. The van der Waals surface area contributed by atoms with Gasteiger partial charge in [0.05, 0.1) is 4.90 Å². The molecule has 6 nitrogen and oxygen atoms in total. The molecule has 0 atom stereocenters. The van der Waals surface area contributed by atoms with Crippen LogP contribution >= 0.6 is 0 Å². The molecule has 0 unspecified atom stereocenters. The molecular weight excluding hydrogens is 218 g/mol. The number of hydrogen-bond acceptors (Lipinski definition) is 5. The lowest BCUT2D eigenvalue weighted by Gasteiger charge is -2.14. The SMILES string of the molecule is CN(NN=C=O)S(=O)(=O)c1ccccc1. The van der Waals surface area contributed by atoms with E-state index in [1.165, 1.54) is 25.3 Å². The average molecular weight is 227 g/mol. The zero-order valence-electron chi connectivity index (χ0n) is 7.91. The third kappa shape index (κ3) is 2.63. The Bertz CT molecular complexity index is 465. The van der Waals surface area contributed by atoms with Crippen LogP contribution in [0.15, 0.2) is 40.3 Å². The van der Waals surface area contributed by atoms with Gasteiger partial charge in [-0.05, 0) is 12.1 Å². The van der Waals surface area contributed by atoms with Gasteiger partial charge in [0.25, 0.3) is 16.1 Å². The summed E-state index contributed by atoms with van der Waals surface area (Å²) in [5.74, 6) is 0. The number of rotatable bonds is 4. The van der Waals surface area contributed by atoms with E-state index in [1.807, 2.05) is 5.53 Å². The third-order valence-corrected chi connectivity index (χ3v) is 3.31. The summed E-state index contributed by atoms with van der Waals surface area (Å²) >= 11 is 0. The summed E-state index contributed by atoms with van der Waals surface area (Å²) in [5.41, 5.74) is 2.02. The monoisotopic (exact) mass is 227 g/mol. The smallest absolute Gasteiger partial charge is 0.215 e. The minimum Gasteiger partial charge on any atom is -0.215 e. The lowest BCUT2D eigenvalue weighted by Crippen LogP contribution is -2.36. The van der Waals surface area contributed by atoms with Crippen LogP contribution in [0.1, 0.15) is 0 Å². The minimum absolute atomic E-state index is 0.112. The standard InChI is InChI=1S/C8H9N3O3S/c1-11(10-9-7-12)15(13,14)8-5-3-2-4-6-8/h2-6,10H,1H3. The molecule has 0 saturated heterocycles. The van der Waals surface area contributed by atoms with Crippen LogP contribution < -0.4 is 5.53 Å². The number of nitrogens with zero attached hydrogens (tertiary/aromatic N) is 2. The number of hydrogen-bond donors (Lipinski definition) is 1. The highest BCUT2D eigenvalue weighted by Gasteiger charge is 2.19. The molecule has 0 aliphatic heterocycles. The second-order valence-corrected chi connectivity index (χ2v) is 4.56. The Hall–Kier alpha value is -1.69. The van der Waals surface area contributed by atoms with E-state index in [1.54, 1.807) is 18.2 Å². The lowest BCUT2D eigenvalue weighted by atomic mass is 10.4. The fourth-order valence-electron chi connectivity index (χ4n) is 0.895. The molecule has 0 amide bonds. The Labute approximate surface area is 87.2 Å². The maximum atomic E-state index is 11.7. The molecule has 0 aliphatic carbocycles. The molecule has 1 N–H and O–H groups in total. The highest BCUT2D eigenvalue weighted by Crippen LogP contribution is 2.11. The Morgan fingerprint density at radius 1 is 1.33 bits per heavy atom. The summed E-state index contributed by atoms with van der Waals surface area (Å²) < 4.78 is 24.2. The molecule has 7 heteroatoms. The van der Waals surface area contributed by atoms with Crippen LogP contribution in [-0.4, -0.2) is 26.0 Å². The summed E-state index contributed by atoms with van der Waals surface area (Å²) in [6.45, 7) is 0. The fourth-order valence-corrected chi connectivity index (χ4v) is 1.86. The molecule has 0 aliphatic rings. The van der Waals surface area contributed by atoms with E-state index in [0.717, 1.165) is 4.41 Å². The molecule has 0 saturated carbocycles. The molecule has 15 heavy (non-hydrogen) atoms. The number of hydrazine groups is 1. The lowest BCUT2D eigenvalue weighted by molar-refractivity contribution is 0.377. The van der Waals surface area contributed by atoms with E-state index >= 15 is 0 Å². The molecule has 0 fully saturated rings. The Morgan fingerprint density at radius 3 is 2.47 bits per heavy atom. The first-order valence-corrected chi connectivity index (χ1v) is 5.39. The number of benzene rings is 1. The van der Waals surface area contributed by atoms with E-state index in [2.05, 4.69) is 5.10 Å². The molecule has 1 aromatic carbocycles. The number of sulfonamides is 1. The normalized spacial score (nSPS) is 10.8. The second kappa shape index (κ2) is 4.70. The van der Waals surface area contributed by atoms with E-state index in [0.29, 0.717) is 0 Å². The van der Waals surface area contributed by atoms with Gasteiger partial charge in [0.15, 0.2) is 0 Å². The Balaban J connectivity index is 2.98. The number of nitrogens with one attached hydrogen (secondary N) is 1. The van der Waals surface area contributed by atoms with Gasteiger partial charge in [-0.2, -0.15) is 0 Å². The zero-order chi connectivity index (χ0) is 11.3. The first-order valence-electron chi connectivity index (χ1n) is 3.95. The fraction of sp³-hybridized carbons (Fsp3) is 0.125. The maximum absolute atomic E-state index is 11.7. The average Bonchev–Trinajstić information content (AvgIpc) is 2.27. The van der Waals surface area contributed by atoms with Crippen molar-refractivity contribution in [3.63, 3.8) is 0 Å². The van der Waals surface area contributed by atoms with Gasteiger partial charge >= 0.3 is 0 Å². The summed E-state index contributed by atoms with van der Waals surface area (Å²) in [4.78, 5) is 9.91. The van der Waals surface area contributed by atoms with Crippen LogP contribution in [0.5, 0.6) is 0 Å². The van der Waals surface area contributed by atoms with Gasteiger partial charge in [0.2, 0.25) is 0 Å². The van der Waals surface area contributed by atoms with E-state index in [9.17, 15) is 13.2 Å². The molecular formula is C8H9N3O3S. The summed E-state index contributed by atoms with van der Waals surface area (Å²) in [7, 11) is -2.42. The van der Waals surface area contributed by atoms with Gasteiger partial charge < -0.3 is 0 Å². The van der Waals surface area contributed by atoms with Crippen molar-refractivity contribution in [2.75, 3.05) is 7.05 Å². The van der Waals surface area contributed by atoms with Gasteiger partial charge in [-0.1, -0.05) is 27.7 Å². The highest BCUT2D eigenvalue weighted by molar-refractivity contribution is 7.89. The van der Waals surface area contributed by atoms with Crippen LogP contribution in [0, 0.1) is 0 Å². The first kappa shape index (κ1) is 11.4. The van der Waals surface area contributed by atoms with Gasteiger partial charge in [-0.25, -0.2) is 18.7 Å². The molecule has 0 spiro atoms. The molecule has 0 radical (unpaired) electrons. The number of isocyanates is 1. The highest BCUT2D eigenvalue weighted by atomic mass is 32.2. The first-order chi connectivity index (χ1) is 7.09. The van der Waals surface area contributed by atoms with Crippen molar-refractivity contribution in [3.05, 3.63) is 30.3 Å². The van der Waals surface area contributed by atoms with Gasteiger partial charge in [0, 0.05) is 7.05 Å². The van der Waals surface area contributed by atoms with Crippen molar-refractivity contribution in [2.45, 2.75) is 4.90 Å². The zero-order valence-corrected chi connectivity index (χ0v) is 8.73. The van der Waals surface area contributed by atoms with Crippen LogP contribution in [-0.2, 0) is 14.8 Å². The van der Waals surface area contributed by atoms with Crippen molar-refractivity contribution in [1.82, 2.24) is 9.95 Å². The van der Waals surface area contributed by atoms with Gasteiger partial charge in [-0.15, -0.1) is 0 Å². The van der Waals surface area contributed by atoms with Crippen molar-refractivity contribution in [3.8, 4) is 0 Å². The molecule has 0 aromatic heterocycles. The molecule has 0 bridgehead atoms. The van der Waals surface area contributed by atoms with Crippen LogP contribution in [0.2, 0.25) is 0 Å². The molecule has 1 aromatic rings. The van der Waals surface area contributed by atoms with Crippen molar-refractivity contribution in [1.29, 1.82) is 0 Å². The second-order valence-electron chi connectivity index (χ2n) is 2.59. The molecule has 0 heterocycles. The van der Waals surface area contributed by atoms with Crippen LogP contribution in [0.4, 0.5) is 0 Å². The summed E-state index contributed by atoms with van der Waals surface area (Å²) in [6.07, 6.45) is 1.18. The van der Waals surface area contributed by atoms with E-state index in [-0.39, 0.29) is 4.90 Å². The van der Waals surface area contributed by atoms with Crippen molar-refractivity contribution in [2.24, 2.45) is 5.10 Å². The summed E-state index contributed by atoms with van der Waals surface area (Å²) in [5, 5.41) is 2.95. The van der Waals surface area contributed by atoms with Crippen LogP contribution in [0.25, 0.3) is 0 Å². The van der Waals surface area contributed by atoms with Gasteiger partial charge in [-0.3, -0.25) is 0 Å². The quantitative estimate of drug-likeness (QED) is 0.448. The minimum atomic E-state index is -3.66. The molecule has 80 valence electrons. The topological polar surface area (TPSA) is 78.8 Å². The van der Waals surface area contributed by atoms with Crippen LogP contribution in [0.3, 0.4) is 0 Å². The largest absolute Gasteiger partial charge is 0.260 e. The van der Waals surface area contributed by atoms with E-state index in [4.69, 9.17) is 0 Å². The predicted molar refractivity (Wildman–Crippen MR) is 52.6 cm³/mol. The predicted octanol–water partition coefficient (Wildman–Crippen LogP) is 0.0625.